The Balaban J connectivity index is 1.18. The van der Waals surface area contributed by atoms with Crippen molar-refractivity contribution in [2.24, 2.45) is 5.41 Å². The summed E-state index contributed by atoms with van der Waals surface area (Å²) in [6, 6.07) is 18.5. The molecule has 1 fully saturated rings. The molecule has 5 heterocycles. The van der Waals surface area contributed by atoms with Crippen molar-refractivity contribution in [3.63, 3.8) is 0 Å². The summed E-state index contributed by atoms with van der Waals surface area (Å²) in [5.41, 5.74) is 2.97. The summed E-state index contributed by atoms with van der Waals surface area (Å²) in [6.45, 7) is 2.66. The number of aryl methyl sites for hydroxylation is 1. The van der Waals surface area contributed by atoms with E-state index in [1.807, 2.05) is 55.6 Å². The van der Waals surface area contributed by atoms with E-state index in [0.717, 1.165) is 16.9 Å². The third kappa shape index (κ3) is 4.98. The average Bonchev–Trinajstić information content (AvgIpc) is 3.39. The zero-order valence-corrected chi connectivity index (χ0v) is 21.1. The van der Waals surface area contributed by atoms with Gasteiger partial charge in [-0.25, -0.2) is 19.5 Å². The molecule has 196 valence electrons. The highest BCUT2D eigenvalue weighted by molar-refractivity contribution is 5.96. The molecule has 0 aliphatic carbocycles. The van der Waals surface area contributed by atoms with Crippen molar-refractivity contribution in [1.29, 1.82) is 0 Å². The van der Waals surface area contributed by atoms with E-state index in [9.17, 15) is 9.90 Å². The van der Waals surface area contributed by atoms with E-state index in [1.165, 1.54) is 0 Å². The van der Waals surface area contributed by atoms with Crippen LogP contribution in [0.15, 0.2) is 73.1 Å². The first-order chi connectivity index (χ1) is 19.0. The molecule has 0 bridgehead atoms. The van der Waals surface area contributed by atoms with Crippen molar-refractivity contribution >= 4 is 40.4 Å². The molecular formula is C27H26N10O2. The third-order valence-electron chi connectivity index (χ3n) is 6.52. The highest BCUT2D eigenvalue weighted by Crippen LogP contribution is 2.26. The van der Waals surface area contributed by atoms with Gasteiger partial charge in [0.2, 0.25) is 17.7 Å². The molecule has 0 radical (unpaired) electrons. The van der Waals surface area contributed by atoms with Gasteiger partial charge in [0.05, 0.1) is 12.0 Å². The minimum absolute atomic E-state index is 0.192. The topological polar surface area (TPSA) is 154 Å². The number of aromatic nitrogens is 6. The van der Waals surface area contributed by atoms with Gasteiger partial charge in [-0.2, -0.15) is 4.98 Å². The number of nitrogens with zero attached hydrogens (tertiary/aromatic N) is 6. The molecule has 4 aromatic heterocycles. The molecule has 0 spiro atoms. The van der Waals surface area contributed by atoms with Crippen LogP contribution >= 0.6 is 0 Å². The molecule has 1 aliphatic heterocycles. The van der Waals surface area contributed by atoms with E-state index in [0.29, 0.717) is 47.9 Å². The van der Waals surface area contributed by atoms with Gasteiger partial charge in [-0.15, -0.1) is 5.10 Å². The van der Waals surface area contributed by atoms with E-state index in [4.69, 9.17) is 4.98 Å². The number of pyridine rings is 1. The van der Waals surface area contributed by atoms with Crippen molar-refractivity contribution in [1.82, 2.24) is 34.9 Å². The second-order valence-corrected chi connectivity index (χ2v) is 9.38. The van der Waals surface area contributed by atoms with Gasteiger partial charge in [-0.05, 0) is 61.5 Å². The molecule has 1 amide bonds. The first kappa shape index (κ1) is 24.4. The largest absolute Gasteiger partial charge is 0.395 e. The Bertz CT molecular complexity index is 1640. The highest BCUT2D eigenvalue weighted by atomic mass is 16.3. The minimum atomic E-state index is -0.758. The van der Waals surface area contributed by atoms with Crippen LogP contribution in [0.5, 0.6) is 0 Å². The van der Waals surface area contributed by atoms with Crippen molar-refractivity contribution in [2.75, 3.05) is 35.6 Å². The fourth-order valence-corrected chi connectivity index (χ4v) is 4.21. The molecule has 12 nitrogen and oxygen atoms in total. The lowest BCUT2D eigenvalue weighted by atomic mass is 9.81. The molecule has 5 N–H and O–H groups in total. The van der Waals surface area contributed by atoms with Gasteiger partial charge in [0, 0.05) is 42.6 Å². The number of hydrogen-bond acceptors (Lipinski definition) is 10. The first-order valence-electron chi connectivity index (χ1n) is 12.4. The maximum atomic E-state index is 12.5. The number of aliphatic hydroxyl groups excluding tert-OH is 1. The van der Waals surface area contributed by atoms with Gasteiger partial charge in [0.15, 0.2) is 5.82 Å². The lowest BCUT2D eigenvalue weighted by Crippen LogP contribution is -2.61. The standard InChI is InChI=1S/C27H26N10O2/c1-17-4-2-5-20(30-17)23-35-24(21-6-3-13-37(21)36-23)33-22-11-12-29-26(34-22)32-19-9-7-18(8-10-19)31-25(39)27(16-38)14-28-15-27/h2-13,28,38H,14-16H2,1H3,(H,31,39)(H2,29,32,33,34,35,36). The number of carbonyl (C=O) groups excluding carboxylic acids is 1. The van der Waals surface area contributed by atoms with Gasteiger partial charge in [0.1, 0.15) is 17.0 Å². The van der Waals surface area contributed by atoms with E-state index >= 15 is 0 Å². The van der Waals surface area contributed by atoms with Crippen molar-refractivity contribution in [3.8, 4) is 11.5 Å². The molecule has 1 aromatic carbocycles. The van der Waals surface area contributed by atoms with Crippen LogP contribution in [0, 0.1) is 12.3 Å². The van der Waals surface area contributed by atoms with Crippen molar-refractivity contribution in [3.05, 3.63) is 78.8 Å². The SMILES string of the molecule is Cc1cccc(-c2nc(Nc3ccnc(Nc4ccc(NC(=O)C5(CO)CNC5)cc4)n3)c3cccn3n2)n1. The Labute approximate surface area is 223 Å². The summed E-state index contributed by atoms with van der Waals surface area (Å²) in [4.78, 5) is 30.7. The molecule has 0 atom stereocenters. The first-order valence-corrected chi connectivity index (χ1v) is 12.4. The van der Waals surface area contributed by atoms with Crippen LogP contribution < -0.4 is 21.3 Å². The highest BCUT2D eigenvalue weighted by Gasteiger charge is 2.43. The van der Waals surface area contributed by atoms with Crippen molar-refractivity contribution < 1.29 is 9.90 Å². The third-order valence-corrected chi connectivity index (χ3v) is 6.52. The second kappa shape index (κ2) is 10.1. The Morgan fingerprint density at radius 3 is 2.56 bits per heavy atom. The van der Waals surface area contributed by atoms with Crippen LogP contribution in [0.25, 0.3) is 17.0 Å². The minimum Gasteiger partial charge on any atom is -0.395 e. The number of anilines is 5. The van der Waals surface area contributed by atoms with E-state index in [-0.39, 0.29) is 12.5 Å². The number of nitrogens with one attached hydrogen (secondary N) is 4. The maximum absolute atomic E-state index is 12.5. The fourth-order valence-electron chi connectivity index (χ4n) is 4.21. The number of fused-ring (bicyclic) bond motifs is 1. The van der Waals surface area contributed by atoms with Crippen LogP contribution in [-0.2, 0) is 4.79 Å². The molecule has 0 saturated carbocycles. The van der Waals surface area contributed by atoms with Crippen LogP contribution in [0.2, 0.25) is 0 Å². The van der Waals surface area contributed by atoms with Crippen LogP contribution in [-0.4, -0.2) is 60.3 Å². The number of rotatable bonds is 8. The van der Waals surface area contributed by atoms with Gasteiger partial charge in [0.25, 0.3) is 0 Å². The smallest absolute Gasteiger partial charge is 0.235 e. The van der Waals surface area contributed by atoms with Gasteiger partial charge >= 0.3 is 0 Å². The molecular weight excluding hydrogens is 496 g/mol. The predicted octanol–water partition coefficient (Wildman–Crippen LogP) is 2.90. The normalized spacial score (nSPS) is 14.0. The van der Waals surface area contributed by atoms with Gasteiger partial charge < -0.3 is 26.4 Å². The van der Waals surface area contributed by atoms with E-state index in [1.54, 1.807) is 28.9 Å². The molecule has 12 heteroatoms. The summed E-state index contributed by atoms with van der Waals surface area (Å²) in [5, 5.41) is 26.5. The number of amides is 1. The number of carbonyl (C=O) groups is 1. The quantitative estimate of drug-likeness (QED) is 0.205. The Morgan fingerprint density at radius 1 is 1.00 bits per heavy atom. The van der Waals surface area contributed by atoms with E-state index < -0.39 is 5.41 Å². The Hall–Kier alpha value is -4.94. The van der Waals surface area contributed by atoms with E-state index in [2.05, 4.69) is 41.3 Å². The molecule has 1 aliphatic rings. The van der Waals surface area contributed by atoms with Crippen LogP contribution in [0.4, 0.5) is 29.0 Å². The van der Waals surface area contributed by atoms with Gasteiger partial charge in [-0.1, -0.05) is 6.07 Å². The summed E-state index contributed by atoms with van der Waals surface area (Å²) < 4.78 is 1.75. The van der Waals surface area contributed by atoms with Gasteiger partial charge in [-0.3, -0.25) is 4.79 Å². The second-order valence-electron chi connectivity index (χ2n) is 9.38. The lowest BCUT2D eigenvalue weighted by Gasteiger charge is -2.39. The molecule has 6 rings (SSSR count). The molecule has 1 saturated heterocycles. The number of benzene rings is 1. The van der Waals surface area contributed by atoms with Crippen LogP contribution in [0.3, 0.4) is 0 Å². The molecule has 39 heavy (non-hydrogen) atoms. The van der Waals surface area contributed by atoms with Crippen LogP contribution in [0.1, 0.15) is 5.69 Å². The summed E-state index contributed by atoms with van der Waals surface area (Å²) in [7, 11) is 0. The monoisotopic (exact) mass is 522 g/mol. The zero-order valence-electron chi connectivity index (χ0n) is 21.1. The maximum Gasteiger partial charge on any atom is 0.235 e. The average molecular weight is 523 g/mol. The lowest BCUT2D eigenvalue weighted by molar-refractivity contribution is -0.131. The Kier molecular flexibility index (Phi) is 6.31. The van der Waals surface area contributed by atoms with Crippen molar-refractivity contribution in [2.45, 2.75) is 6.92 Å². The summed E-state index contributed by atoms with van der Waals surface area (Å²) >= 11 is 0. The Morgan fingerprint density at radius 2 is 1.82 bits per heavy atom. The zero-order chi connectivity index (χ0) is 26.8. The molecule has 5 aromatic rings. The molecule has 0 unspecified atom stereocenters. The number of aliphatic hydroxyl groups is 1. The summed E-state index contributed by atoms with van der Waals surface area (Å²) in [5.74, 6) is 1.81. The number of hydrogen-bond donors (Lipinski definition) is 5. The predicted molar refractivity (Wildman–Crippen MR) is 147 cm³/mol. The summed E-state index contributed by atoms with van der Waals surface area (Å²) in [6.07, 6.45) is 3.50. The fraction of sp³-hybridized carbons (Fsp3) is 0.185.